The van der Waals surface area contributed by atoms with Crippen LogP contribution in [0.4, 0.5) is 0 Å². The van der Waals surface area contributed by atoms with Crippen LogP contribution in [0.2, 0.25) is 0 Å². The second-order valence-corrected chi connectivity index (χ2v) is 14.6. The van der Waals surface area contributed by atoms with Gasteiger partial charge in [0.25, 0.3) is 0 Å². The Kier molecular flexibility index (Phi) is 5.19. The number of hydrogen-bond donors (Lipinski definition) is 1. The second-order valence-electron chi connectivity index (χ2n) is 14.6. The van der Waals surface area contributed by atoms with Crippen molar-refractivity contribution >= 4 is 0 Å². The molecule has 0 unspecified atom stereocenters. The zero-order chi connectivity index (χ0) is 23.3. The van der Waals surface area contributed by atoms with Crippen molar-refractivity contribution in [3.63, 3.8) is 0 Å². The minimum absolute atomic E-state index is 0.0298. The van der Waals surface area contributed by atoms with Gasteiger partial charge in [0.15, 0.2) is 0 Å². The summed E-state index contributed by atoms with van der Waals surface area (Å²) in [4.78, 5) is 0. The fraction of sp³-hybridized carbons (Fsp3) is 0.933. The molecule has 182 valence electrons. The molecule has 0 aromatic heterocycles. The van der Waals surface area contributed by atoms with E-state index in [2.05, 4.69) is 61.5 Å². The molecule has 4 aliphatic carbocycles. The third kappa shape index (κ3) is 3.03. The Balaban J connectivity index is 1.39. The van der Waals surface area contributed by atoms with Crippen molar-refractivity contribution in [1.29, 1.82) is 0 Å². The molecule has 1 aliphatic heterocycles. The SMILES string of the molecule is C[C@H](CC[C@H]1OC1(C)C)[C@@H]1CC[C@]2(C)C3=CC[C@H]4C(C)(C)[C@@H](O)CC[C@]4(C)[C@H]3CC[C@@]12C. The van der Waals surface area contributed by atoms with Crippen LogP contribution in [0.3, 0.4) is 0 Å². The molecule has 3 saturated carbocycles. The summed E-state index contributed by atoms with van der Waals surface area (Å²) in [6, 6.07) is 0. The van der Waals surface area contributed by atoms with Crippen molar-refractivity contribution in [2.45, 2.75) is 131 Å². The Morgan fingerprint density at radius 3 is 2.34 bits per heavy atom. The minimum Gasteiger partial charge on any atom is -0.393 e. The number of ether oxygens (including phenoxy) is 1. The van der Waals surface area contributed by atoms with Gasteiger partial charge in [0, 0.05) is 0 Å². The molecule has 0 aromatic carbocycles. The number of hydrogen-bond acceptors (Lipinski definition) is 2. The van der Waals surface area contributed by atoms with E-state index in [1.165, 1.54) is 51.4 Å². The summed E-state index contributed by atoms with van der Waals surface area (Å²) >= 11 is 0. The van der Waals surface area contributed by atoms with Crippen LogP contribution in [0, 0.1) is 45.3 Å². The molecule has 1 N–H and O–H groups in total. The predicted molar refractivity (Wildman–Crippen MR) is 132 cm³/mol. The first-order chi connectivity index (χ1) is 14.8. The highest BCUT2D eigenvalue weighted by Crippen LogP contribution is 2.73. The summed E-state index contributed by atoms with van der Waals surface area (Å²) in [6.07, 6.45) is 14.5. The maximum Gasteiger partial charge on any atom is 0.0892 e. The van der Waals surface area contributed by atoms with Gasteiger partial charge in [-0.05, 0) is 117 Å². The van der Waals surface area contributed by atoms with Crippen LogP contribution in [0.1, 0.15) is 113 Å². The fourth-order valence-electron chi connectivity index (χ4n) is 10.0. The van der Waals surface area contributed by atoms with Gasteiger partial charge in [0.1, 0.15) is 0 Å². The van der Waals surface area contributed by atoms with Crippen LogP contribution in [-0.4, -0.2) is 22.9 Å². The third-order valence-corrected chi connectivity index (χ3v) is 12.6. The zero-order valence-corrected chi connectivity index (χ0v) is 22.3. The third-order valence-electron chi connectivity index (χ3n) is 12.6. The van der Waals surface area contributed by atoms with E-state index < -0.39 is 0 Å². The Labute approximate surface area is 198 Å². The molecule has 0 amide bonds. The maximum atomic E-state index is 10.8. The van der Waals surface area contributed by atoms with Gasteiger partial charge in [-0.1, -0.05) is 53.2 Å². The van der Waals surface area contributed by atoms with Crippen molar-refractivity contribution in [2.75, 3.05) is 0 Å². The molecule has 5 aliphatic rings. The number of aliphatic hydroxyl groups excluding tert-OH is 1. The van der Waals surface area contributed by atoms with Gasteiger partial charge in [-0.2, -0.15) is 0 Å². The molecule has 0 bridgehead atoms. The van der Waals surface area contributed by atoms with Gasteiger partial charge in [0.05, 0.1) is 17.8 Å². The standard InChI is InChI=1S/C30H50O2/c1-19(9-12-25-27(4,5)32-25)20-13-17-30(8)22-10-11-23-26(2,3)24(31)15-16-28(23,6)21(22)14-18-29(20,30)7/h10,19-21,23-25,31H,9,11-18H2,1-8H3/t19-,20+,21+,23+,24+,25-,28-,29+,30-/m1/s1. The van der Waals surface area contributed by atoms with Crippen LogP contribution in [0.15, 0.2) is 11.6 Å². The van der Waals surface area contributed by atoms with Crippen LogP contribution in [0.5, 0.6) is 0 Å². The van der Waals surface area contributed by atoms with Crippen LogP contribution < -0.4 is 0 Å². The Bertz CT molecular complexity index is 795. The van der Waals surface area contributed by atoms with Crippen LogP contribution in [-0.2, 0) is 4.74 Å². The predicted octanol–water partition coefficient (Wildman–Crippen LogP) is 7.55. The normalized spacial score (nSPS) is 51.8. The molecule has 9 atom stereocenters. The average molecular weight is 443 g/mol. The summed E-state index contributed by atoms with van der Waals surface area (Å²) in [5.74, 6) is 2.96. The van der Waals surface area contributed by atoms with Crippen molar-refractivity contribution in [2.24, 2.45) is 45.3 Å². The van der Waals surface area contributed by atoms with E-state index in [0.717, 1.165) is 24.2 Å². The molecule has 0 aromatic rings. The quantitative estimate of drug-likeness (QED) is 0.360. The minimum atomic E-state index is -0.142. The smallest absolute Gasteiger partial charge is 0.0892 e. The fourth-order valence-corrected chi connectivity index (χ4v) is 10.0. The molecule has 5 rings (SSSR count). The Morgan fingerprint density at radius 1 is 1.00 bits per heavy atom. The number of allylic oxidation sites excluding steroid dienone is 2. The topological polar surface area (TPSA) is 32.8 Å². The summed E-state index contributed by atoms with van der Waals surface area (Å²) in [6.45, 7) is 19.6. The maximum absolute atomic E-state index is 10.8. The molecule has 4 fully saturated rings. The molecule has 1 saturated heterocycles. The number of fused-ring (bicyclic) bond motifs is 5. The summed E-state index contributed by atoms with van der Waals surface area (Å²) < 4.78 is 5.90. The first-order valence-electron chi connectivity index (χ1n) is 13.8. The second kappa shape index (κ2) is 7.09. The van der Waals surface area contributed by atoms with Gasteiger partial charge in [-0.3, -0.25) is 0 Å². The zero-order valence-electron chi connectivity index (χ0n) is 22.3. The Morgan fingerprint density at radius 2 is 1.69 bits per heavy atom. The largest absolute Gasteiger partial charge is 0.393 e. The lowest BCUT2D eigenvalue weighted by Crippen LogP contribution is -2.58. The first-order valence-corrected chi connectivity index (χ1v) is 13.8. The van der Waals surface area contributed by atoms with Gasteiger partial charge in [-0.15, -0.1) is 0 Å². The molecule has 32 heavy (non-hydrogen) atoms. The van der Waals surface area contributed by atoms with Crippen LogP contribution >= 0.6 is 0 Å². The molecule has 0 spiro atoms. The van der Waals surface area contributed by atoms with Crippen molar-refractivity contribution in [1.82, 2.24) is 0 Å². The Hall–Kier alpha value is -0.340. The van der Waals surface area contributed by atoms with E-state index >= 15 is 0 Å². The number of aliphatic hydroxyl groups is 1. The van der Waals surface area contributed by atoms with E-state index in [4.69, 9.17) is 4.74 Å². The van der Waals surface area contributed by atoms with Crippen molar-refractivity contribution in [3.8, 4) is 0 Å². The highest BCUT2D eigenvalue weighted by atomic mass is 16.6. The number of rotatable bonds is 4. The summed E-state index contributed by atoms with van der Waals surface area (Å²) in [5, 5.41) is 10.8. The van der Waals surface area contributed by atoms with E-state index in [-0.39, 0.29) is 17.1 Å². The average Bonchev–Trinajstić information content (AvgIpc) is 3.22. The summed E-state index contributed by atoms with van der Waals surface area (Å²) in [5.41, 5.74) is 3.14. The van der Waals surface area contributed by atoms with E-state index in [0.29, 0.717) is 28.3 Å². The highest BCUT2D eigenvalue weighted by molar-refractivity contribution is 5.33. The number of epoxide rings is 1. The van der Waals surface area contributed by atoms with E-state index in [9.17, 15) is 5.11 Å². The molecule has 1 heterocycles. The lowest BCUT2D eigenvalue weighted by molar-refractivity contribution is -0.131. The highest BCUT2D eigenvalue weighted by Gasteiger charge is 2.65. The molecular formula is C30H50O2. The lowest BCUT2D eigenvalue weighted by atomic mass is 9.41. The van der Waals surface area contributed by atoms with Gasteiger partial charge >= 0.3 is 0 Å². The van der Waals surface area contributed by atoms with Crippen LogP contribution in [0.25, 0.3) is 0 Å². The summed E-state index contributed by atoms with van der Waals surface area (Å²) in [7, 11) is 0. The van der Waals surface area contributed by atoms with Gasteiger partial charge in [-0.25, -0.2) is 0 Å². The van der Waals surface area contributed by atoms with Gasteiger partial charge < -0.3 is 9.84 Å². The lowest BCUT2D eigenvalue weighted by Gasteiger charge is -2.64. The van der Waals surface area contributed by atoms with Gasteiger partial charge in [0.2, 0.25) is 0 Å². The first kappa shape index (κ1) is 23.4. The van der Waals surface area contributed by atoms with E-state index in [1.807, 2.05) is 5.57 Å². The van der Waals surface area contributed by atoms with Crippen molar-refractivity contribution in [3.05, 3.63) is 11.6 Å². The molecule has 0 radical (unpaired) electrons. The van der Waals surface area contributed by atoms with Crippen molar-refractivity contribution < 1.29 is 9.84 Å². The van der Waals surface area contributed by atoms with E-state index in [1.54, 1.807) is 0 Å². The molecule has 2 nitrogen and oxygen atoms in total. The molecule has 2 heteroatoms. The monoisotopic (exact) mass is 442 g/mol. The molecular weight excluding hydrogens is 392 g/mol.